The number of nitrogens with zero attached hydrogens (tertiary/aromatic N) is 1. The topological polar surface area (TPSA) is 63.4 Å². The van der Waals surface area contributed by atoms with E-state index in [1.165, 1.54) is 10.4 Å². The predicted octanol–water partition coefficient (Wildman–Crippen LogP) is 3.12. The number of rotatable bonds is 3. The van der Waals surface area contributed by atoms with Crippen LogP contribution in [0.4, 0.5) is 10.1 Å². The van der Waals surface area contributed by atoms with Gasteiger partial charge in [-0.05, 0) is 36.8 Å². The average Bonchev–Trinajstić information content (AvgIpc) is 2.42. The normalized spacial score (nSPS) is 18.3. The molecular formula is C14H20ClFN2O2S. The third kappa shape index (κ3) is 3.33. The Balaban J connectivity index is 2.28. The molecule has 0 unspecified atom stereocenters. The molecular weight excluding hydrogens is 315 g/mol. The Labute approximate surface area is 130 Å². The van der Waals surface area contributed by atoms with Crippen LogP contribution in [0.5, 0.6) is 0 Å². The molecule has 0 atom stereocenters. The van der Waals surface area contributed by atoms with Gasteiger partial charge in [-0.1, -0.05) is 25.4 Å². The van der Waals surface area contributed by atoms with Crippen molar-refractivity contribution in [2.24, 2.45) is 11.8 Å². The number of halogens is 2. The Morgan fingerprint density at radius 1 is 1.33 bits per heavy atom. The molecule has 4 nitrogen and oxygen atoms in total. The highest BCUT2D eigenvalue weighted by molar-refractivity contribution is 7.89. The minimum Gasteiger partial charge on any atom is -0.399 e. The molecule has 1 fully saturated rings. The van der Waals surface area contributed by atoms with Crippen molar-refractivity contribution in [3.05, 3.63) is 23.0 Å². The minimum atomic E-state index is -3.89. The molecule has 0 aromatic heterocycles. The molecule has 0 spiro atoms. The van der Waals surface area contributed by atoms with Gasteiger partial charge in [0.25, 0.3) is 0 Å². The molecule has 0 saturated carbocycles. The number of piperidine rings is 1. The van der Waals surface area contributed by atoms with Crippen LogP contribution in [0.15, 0.2) is 17.0 Å². The molecule has 2 N–H and O–H groups in total. The lowest BCUT2D eigenvalue weighted by Crippen LogP contribution is -2.39. The van der Waals surface area contributed by atoms with Crippen LogP contribution in [-0.4, -0.2) is 25.8 Å². The second-order valence-corrected chi connectivity index (χ2v) is 8.11. The largest absolute Gasteiger partial charge is 0.399 e. The highest BCUT2D eigenvalue weighted by Crippen LogP contribution is 2.31. The van der Waals surface area contributed by atoms with Gasteiger partial charge in [0.05, 0.1) is 5.02 Å². The number of nitrogen functional groups attached to an aromatic ring is 1. The third-order valence-corrected chi connectivity index (χ3v) is 6.25. The maximum absolute atomic E-state index is 14.0. The first-order chi connectivity index (χ1) is 9.73. The summed E-state index contributed by atoms with van der Waals surface area (Å²) in [6, 6.07) is 2.34. The van der Waals surface area contributed by atoms with Gasteiger partial charge in [0.2, 0.25) is 10.0 Å². The second kappa shape index (κ2) is 6.10. The highest BCUT2D eigenvalue weighted by Gasteiger charge is 2.32. The fourth-order valence-electron chi connectivity index (χ4n) is 2.69. The van der Waals surface area contributed by atoms with E-state index in [0.717, 1.165) is 18.9 Å². The van der Waals surface area contributed by atoms with Gasteiger partial charge >= 0.3 is 0 Å². The van der Waals surface area contributed by atoms with E-state index >= 15 is 0 Å². The van der Waals surface area contributed by atoms with Gasteiger partial charge in [-0.3, -0.25) is 0 Å². The second-order valence-electron chi connectivity index (χ2n) is 5.80. The first-order valence-corrected chi connectivity index (χ1v) is 8.80. The fraction of sp³-hybridized carbons (Fsp3) is 0.571. The summed E-state index contributed by atoms with van der Waals surface area (Å²) >= 11 is 5.69. The zero-order valence-electron chi connectivity index (χ0n) is 12.1. The zero-order chi connectivity index (χ0) is 15.8. The standard InChI is InChI=1S/C14H20ClFN2O2S/c1-9(2)10-3-5-18(6-4-10)21(19,20)13-8-11(17)7-12(15)14(13)16/h7-10H,3-6,17H2,1-2H3. The fourth-order valence-corrected chi connectivity index (χ4v) is 4.57. The molecule has 0 bridgehead atoms. The van der Waals surface area contributed by atoms with Crippen LogP contribution in [-0.2, 0) is 10.0 Å². The highest BCUT2D eigenvalue weighted by atomic mass is 35.5. The number of nitrogens with two attached hydrogens (primary N) is 1. The summed E-state index contributed by atoms with van der Waals surface area (Å²) in [7, 11) is -3.89. The van der Waals surface area contributed by atoms with Crippen molar-refractivity contribution >= 4 is 27.3 Å². The molecule has 7 heteroatoms. The Morgan fingerprint density at radius 3 is 2.43 bits per heavy atom. The Hall–Kier alpha value is -0.850. The van der Waals surface area contributed by atoms with E-state index in [2.05, 4.69) is 13.8 Å². The van der Waals surface area contributed by atoms with Crippen LogP contribution < -0.4 is 5.73 Å². The number of sulfonamides is 1. The van der Waals surface area contributed by atoms with Crippen LogP contribution in [0.2, 0.25) is 5.02 Å². The van der Waals surface area contributed by atoms with Crippen molar-refractivity contribution in [2.45, 2.75) is 31.6 Å². The number of anilines is 1. The smallest absolute Gasteiger partial charge is 0.246 e. The van der Waals surface area contributed by atoms with Crippen LogP contribution in [0.1, 0.15) is 26.7 Å². The van der Waals surface area contributed by atoms with E-state index in [9.17, 15) is 12.8 Å². The lowest BCUT2D eigenvalue weighted by Gasteiger charge is -2.33. The van der Waals surface area contributed by atoms with Crippen molar-refractivity contribution in [1.29, 1.82) is 0 Å². The summed E-state index contributed by atoms with van der Waals surface area (Å²) in [5, 5.41) is -0.273. The number of hydrogen-bond donors (Lipinski definition) is 1. The molecule has 0 aliphatic carbocycles. The summed E-state index contributed by atoms with van der Waals surface area (Å²) in [4.78, 5) is -0.435. The van der Waals surface area contributed by atoms with Gasteiger partial charge in [-0.2, -0.15) is 4.31 Å². The molecule has 1 saturated heterocycles. The van der Waals surface area contributed by atoms with E-state index in [1.54, 1.807) is 0 Å². The predicted molar refractivity (Wildman–Crippen MR) is 82.1 cm³/mol. The van der Waals surface area contributed by atoms with Gasteiger partial charge in [-0.25, -0.2) is 12.8 Å². The monoisotopic (exact) mass is 334 g/mol. The first-order valence-electron chi connectivity index (χ1n) is 6.98. The van der Waals surface area contributed by atoms with Crippen molar-refractivity contribution in [2.75, 3.05) is 18.8 Å². The molecule has 1 aromatic carbocycles. The van der Waals surface area contributed by atoms with Gasteiger partial charge in [0.1, 0.15) is 4.90 Å². The molecule has 0 amide bonds. The van der Waals surface area contributed by atoms with Crippen molar-refractivity contribution in [3.63, 3.8) is 0 Å². The van der Waals surface area contributed by atoms with E-state index in [-0.39, 0.29) is 10.7 Å². The number of benzene rings is 1. The van der Waals surface area contributed by atoms with E-state index in [4.69, 9.17) is 17.3 Å². The van der Waals surface area contributed by atoms with E-state index in [1.807, 2.05) is 0 Å². The Morgan fingerprint density at radius 2 is 1.90 bits per heavy atom. The van der Waals surface area contributed by atoms with Crippen LogP contribution in [0.3, 0.4) is 0 Å². The molecule has 1 aliphatic rings. The first kappa shape index (κ1) is 16.5. The van der Waals surface area contributed by atoms with Gasteiger partial charge in [0.15, 0.2) is 5.82 Å². The van der Waals surface area contributed by atoms with Crippen molar-refractivity contribution in [3.8, 4) is 0 Å². The molecule has 118 valence electrons. The maximum atomic E-state index is 14.0. The molecule has 1 heterocycles. The lowest BCUT2D eigenvalue weighted by molar-refractivity contribution is 0.226. The SMILES string of the molecule is CC(C)C1CCN(S(=O)(=O)c2cc(N)cc(Cl)c2F)CC1. The lowest BCUT2D eigenvalue weighted by atomic mass is 9.87. The van der Waals surface area contributed by atoms with Gasteiger partial charge in [-0.15, -0.1) is 0 Å². The zero-order valence-corrected chi connectivity index (χ0v) is 13.7. The minimum absolute atomic E-state index is 0.136. The number of hydrogen-bond acceptors (Lipinski definition) is 3. The van der Waals surface area contributed by atoms with Gasteiger partial charge in [0, 0.05) is 18.8 Å². The van der Waals surface area contributed by atoms with Crippen LogP contribution >= 0.6 is 11.6 Å². The Kier molecular flexibility index (Phi) is 4.80. The van der Waals surface area contributed by atoms with Crippen LogP contribution in [0.25, 0.3) is 0 Å². The molecule has 0 radical (unpaired) electrons. The molecule has 1 aromatic rings. The summed E-state index contributed by atoms with van der Waals surface area (Å²) in [6.07, 6.45) is 1.57. The molecule has 21 heavy (non-hydrogen) atoms. The third-order valence-electron chi connectivity index (χ3n) is 4.08. The van der Waals surface area contributed by atoms with Crippen molar-refractivity contribution < 1.29 is 12.8 Å². The summed E-state index contributed by atoms with van der Waals surface area (Å²) in [6.45, 7) is 5.06. The molecule has 2 rings (SSSR count). The van der Waals surface area contributed by atoms with E-state index in [0.29, 0.717) is 24.9 Å². The summed E-state index contributed by atoms with van der Waals surface area (Å²) in [5.74, 6) is 0.0935. The maximum Gasteiger partial charge on any atom is 0.246 e. The summed E-state index contributed by atoms with van der Waals surface area (Å²) in [5.41, 5.74) is 5.72. The van der Waals surface area contributed by atoms with Crippen molar-refractivity contribution in [1.82, 2.24) is 4.31 Å². The van der Waals surface area contributed by atoms with Crippen LogP contribution in [0, 0.1) is 17.7 Å². The van der Waals surface area contributed by atoms with E-state index < -0.39 is 20.7 Å². The average molecular weight is 335 g/mol. The quantitative estimate of drug-likeness (QED) is 0.864. The molecule has 1 aliphatic heterocycles. The summed E-state index contributed by atoms with van der Waals surface area (Å²) < 4.78 is 40.5. The van der Waals surface area contributed by atoms with Gasteiger partial charge < -0.3 is 5.73 Å². The Bertz CT molecular complexity index is 626.